The van der Waals surface area contributed by atoms with Gasteiger partial charge in [-0.2, -0.15) is 0 Å². The molecule has 0 saturated carbocycles. The standard InChI is InChI=1S/2C12H13.C3H6.2ClH.Zr/c2*1-2-5-10-8-11-6-3-4-7-12(11)9-10;1-3-2;;;/h2*3-4,6-9H,2,5H2,1H3;1-3H2;2*1H;/q;;;;;+2/p-2. The Morgan fingerprint density at radius 3 is 1.50 bits per heavy atom. The molecule has 2 aromatic rings. The Balaban J connectivity index is 0.00000128. The number of allylic oxidation sites excluding steroid dienone is 2. The van der Waals surface area contributed by atoms with Crippen LogP contribution in [0.3, 0.4) is 0 Å². The Labute approximate surface area is 199 Å². The average molecular weight is 519 g/mol. The van der Waals surface area contributed by atoms with Crippen molar-refractivity contribution >= 4 is 12.2 Å². The Morgan fingerprint density at radius 1 is 0.700 bits per heavy atom. The van der Waals surface area contributed by atoms with Gasteiger partial charge in [0.2, 0.25) is 0 Å². The second-order valence-electron chi connectivity index (χ2n) is 9.15. The maximum Gasteiger partial charge on any atom is -1.00 e. The molecule has 1 fully saturated rings. The predicted octanol–water partition coefficient (Wildman–Crippen LogP) is 2.27. The second kappa shape index (κ2) is 9.89. The molecule has 0 aromatic heterocycles. The van der Waals surface area contributed by atoms with Gasteiger partial charge in [-0.15, -0.1) is 0 Å². The largest absolute Gasteiger partial charge is 1.00 e. The SMILES string of the molecule is CCCC1=Cc2ccccc2[CH]1[Zr+2]1([CH]2C(CCC)=Cc3ccccc32)[CH2]C[CH2]1.[Cl-].[Cl-]. The quantitative estimate of drug-likeness (QED) is 0.551. The van der Waals surface area contributed by atoms with Gasteiger partial charge in [0.15, 0.2) is 0 Å². The van der Waals surface area contributed by atoms with E-state index in [0.29, 0.717) is 0 Å². The minimum Gasteiger partial charge on any atom is -1.00 e. The summed E-state index contributed by atoms with van der Waals surface area (Å²) in [6.45, 7) is 4.72. The molecule has 3 aliphatic rings. The Morgan fingerprint density at radius 2 is 1.13 bits per heavy atom. The second-order valence-corrected chi connectivity index (χ2v) is 20.5. The number of rotatable bonds is 6. The average Bonchev–Trinajstić information content (AvgIpc) is 3.22. The van der Waals surface area contributed by atoms with E-state index in [1.165, 1.54) is 43.2 Å². The van der Waals surface area contributed by atoms with Gasteiger partial charge >= 0.3 is 176 Å². The van der Waals surface area contributed by atoms with Gasteiger partial charge in [0.25, 0.3) is 0 Å². The van der Waals surface area contributed by atoms with E-state index >= 15 is 0 Å². The number of benzene rings is 2. The van der Waals surface area contributed by atoms with E-state index in [2.05, 4.69) is 74.5 Å². The van der Waals surface area contributed by atoms with Crippen molar-refractivity contribution < 1.29 is 45.1 Å². The van der Waals surface area contributed by atoms with E-state index in [0.717, 1.165) is 7.25 Å². The summed E-state index contributed by atoms with van der Waals surface area (Å²) in [5.41, 5.74) is 10.0. The van der Waals surface area contributed by atoms with Crippen LogP contribution in [0.5, 0.6) is 0 Å². The van der Waals surface area contributed by atoms with E-state index in [1.54, 1.807) is 30.5 Å². The first kappa shape index (κ1) is 24.0. The third kappa shape index (κ3) is 3.74. The summed E-state index contributed by atoms with van der Waals surface area (Å²) < 4.78 is 4.79. The Bertz CT molecular complexity index is 881. The van der Waals surface area contributed by atoms with Crippen LogP contribution in [-0.2, 0) is 20.3 Å². The molecule has 0 N–H and O–H groups in total. The molecule has 2 atom stereocenters. The van der Waals surface area contributed by atoms with Crippen LogP contribution < -0.4 is 24.8 Å². The summed E-state index contributed by atoms with van der Waals surface area (Å²) in [7, 11) is 0. The molecule has 0 bridgehead atoms. The molecule has 0 spiro atoms. The molecule has 0 amide bonds. The summed E-state index contributed by atoms with van der Waals surface area (Å²) in [6.07, 6.45) is 11.8. The van der Waals surface area contributed by atoms with Crippen molar-refractivity contribution in [3.05, 3.63) is 81.9 Å². The van der Waals surface area contributed by atoms with Gasteiger partial charge in [-0.3, -0.25) is 0 Å². The molecular formula is C27H32Cl2Zr. The first-order chi connectivity index (χ1) is 13.8. The van der Waals surface area contributed by atoms with Crippen LogP contribution in [0.1, 0.15) is 75.5 Å². The van der Waals surface area contributed by atoms with E-state index < -0.39 is 20.3 Å². The molecule has 1 aliphatic heterocycles. The van der Waals surface area contributed by atoms with Gasteiger partial charge in [0.05, 0.1) is 0 Å². The molecule has 30 heavy (non-hydrogen) atoms. The molecule has 1 saturated heterocycles. The summed E-state index contributed by atoms with van der Waals surface area (Å²) in [4.78, 5) is 0. The van der Waals surface area contributed by atoms with Gasteiger partial charge in [-0.25, -0.2) is 0 Å². The van der Waals surface area contributed by atoms with E-state index in [-0.39, 0.29) is 24.8 Å². The Hall–Kier alpha value is -0.617. The third-order valence-electron chi connectivity index (χ3n) is 7.55. The van der Waals surface area contributed by atoms with Crippen LogP contribution in [0.4, 0.5) is 0 Å². The molecule has 158 valence electrons. The van der Waals surface area contributed by atoms with Gasteiger partial charge in [0, 0.05) is 0 Å². The molecule has 2 aromatic carbocycles. The summed E-state index contributed by atoms with van der Waals surface area (Å²) in [6, 6.07) is 18.7. The molecule has 5 rings (SSSR count). The summed E-state index contributed by atoms with van der Waals surface area (Å²) >= 11 is -2.49. The smallest absolute Gasteiger partial charge is 1.00 e. The Kier molecular flexibility index (Phi) is 7.93. The van der Waals surface area contributed by atoms with Crippen molar-refractivity contribution in [2.24, 2.45) is 0 Å². The van der Waals surface area contributed by atoms with Crippen LogP contribution in [0, 0.1) is 0 Å². The fourth-order valence-electron chi connectivity index (χ4n) is 6.47. The van der Waals surface area contributed by atoms with Crippen LogP contribution in [0.15, 0.2) is 59.7 Å². The van der Waals surface area contributed by atoms with E-state index in [9.17, 15) is 0 Å². The van der Waals surface area contributed by atoms with Crippen molar-refractivity contribution in [2.75, 3.05) is 0 Å². The maximum absolute atomic E-state index is 2.59. The number of fused-ring (bicyclic) bond motifs is 2. The van der Waals surface area contributed by atoms with Gasteiger partial charge in [-0.1, -0.05) is 0 Å². The van der Waals surface area contributed by atoms with Crippen molar-refractivity contribution in [3.63, 3.8) is 0 Å². The normalized spacial score (nSPS) is 21.5. The zero-order valence-corrected chi connectivity index (χ0v) is 22.1. The molecule has 0 nitrogen and oxygen atoms in total. The fraction of sp³-hybridized carbons (Fsp3) is 0.407. The van der Waals surface area contributed by atoms with Crippen LogP contribution in [-0.4, -0.2) is 0 Å². The number of halogens is 2. The predicted molar refractivity (Wildman–Crippen MR) is 118 cm³/mol. The molecule has 2 aliphatic carbocycles. The monoisotopic (exact) mass is 516 g/mol. The first-order valence-electron chi connectivity index (χ1n) is 11.4. The third-order valence-corrected chi connectivity index (χ3v) is 22.9. The minimum absolute atomic E-state index is 0. The molecule has 0 radical (unpaired) electrons. The summed E-state index contributed by atoms with van der Waals surface area (Å²) in [5, 5.41) is 0. The van der Waals surface area contributed by atoms with Crippen LogP contribution >= 0.6 is 0 Å². The van der Waals surface area contributed by atoms with Crippen LogP contribution in [0.25, 0.3) is 12.2 Å². The molecule has 3 heteroatoms. The van der Waals surface area contributed by atoms with Crippen LogP contribution in [0.2, 0.25) is 8.26 Å². The molecular weight excluding hydrogens is 486 g/mol. The van der Waals surface area contributed by atoms with Gasteiger partial charge in [0.1, 0.15) is 0 Å². The molecule has 1 heterocycles. The minimum atomic E-state index is -2.49. The number of hydrogen-bond donors (Lipinski definition) is 0. The van der Waals surface area contributed by atoms with Crippen molar-refractivity contribution in [1.29, 1.82) is 0 Å². The van der Waals surface area contributed by atoms with Gasteiger partial charge < -0.3 is 24.8 Å². The van der Waals surface area contributed by atoms with Crippen molar-refractivity contribution in [3.8, 4) is 0 Å². The van der Waals surface area contributed by atoms with Crippen molar-refractivity contribution in [1.82, 2.24) is 0 Å². The fourth-order valence-corrected chi connectivity index (χ4v) is 22.1. The zero-order chi connectivity index (χ0) is 19.1. The molecule has 2 unspecified atom stereocenters. The van der Waals surface area contributed by atoms with E-state index in [4.69, 9.17) is 0 Å². The van der Waals surface area contributed by atoms with Crippen molar-refractivity contribution in [2.45, 2.75) is 61.5 Å². The first-order valence-corrected chi connectivity index (χ1v) is 17.7. The summed E-state index contributed by atoms with van der Waals surface area (Å²) in [5.74, 6) is 0. The topological polar surface area (TPSA) is 0 Å². The van der Waals surface area contributed by atoms with Gasteiger partial charge in [-0.05, 0) is 0 Å². The maximum atomic E-state index is 2.59. The number of hydrogen-bond acceptors (Lipinski definition) is 0. The van der Waals surface area contributed by atoms with E-state index in [1.807, 2.05) is 0 Å². The zero-order valence-electron chi connectivity index (χ0n) is 18.1.